The van der Waals surface area contributed by atoms with E-state index in [1.165, 1.54) is 6.92 Å². The molecule has 0 saturated heterocycles. The Morgan fingerprint density at radius 1 is 1.33 bits per heavy atom. The van der Waals surface area contributed by atoms with Gasteiger partial charge in [-0.05, 0) is 25.5 Å². The Kier molecular flexibility index (Phi) is 3.48. The van der Waals surface area contributed by atoms with E-state index >= 15 is 0 Å². The van der Waals surface area contributed by atoms with Crippen LogP contribution < -0.4 is 14.8 Å². The van der Waals surface area contributed by atoms with Gasteiger partial charge in [0.05, 0.1) is 6.54 Å². The van der Waals surface area contributed by atoms with Crippen LogP contribution in [0.25, 0.3) is 0 Å². The lowest BCUT2D eigenvalue weighted by Crippen LogP contribution is -2.19. The predicted octanol–water partition coefficient (Wildman–Crippen LogP) is 3.19. The lowest BCUT2D eigenvalue weighted by Gasteiger charge is -2.21. The van der Waals surface area contributed by atoms with E-state index < -0.39 is 0 Å². The van der Waals surface area contributed by atoms with Crippen LogP contribution in [-0.2, 0) is 0 Å². The highest BCUT2D eigenvalue weighted by Crippen LogP contribution is 2.38. The summed E-state index contributed by atoms with van der Waals surface area (Å²) in [7, 11) is 0. The van der Waals surface area contributed by atoms with E-state index in [2.05, 4.69) is 10.3 Å². The maximum Gasteiger partial charge on any atom is 0.204 e. The van der Waals surface area contributed by atoms with Gasteiger partial charge in [-0.3, -0.25) is 4.79 Å². The van der Waals surface area contributed by atoms with Gasteiger partial charge in [0.2, 0.25) is 5.75 Å². The van der Waals surface area contributed by atoms with Gasteiger partial charge in [0.15, 0.2) is 17.4 Å². The number of carbonyl (C=O) groups is 1. The molecule has 3 rings (SSSR count). The summed E-state index contributed by atoms with van der Waals surface area (Å²) in [6, 6.07) is 7.18. The molecule has 21 heavy (non-hydrogen) atoms. The molecular weight excluding hydrogens is 268 g/mol. The van der Waals surface area contributed by atoms with Crippen LogP contribution in [0.3, 0.4) is 0 Å². The van der Waals surface area contributed by atoms with Crippen molar-refractivity contribution in [3.05, 3.63) is 41.6 Å². The second kappa shape index (κ2) is 5.44. The fourth-order valence-corrected chi connectivity index (χ4v) is 2.15. The third-order valence-corrected chi connectivity index (χ3v) is 3.32. The van der Waals surface area contributed by atoms with Crippen LogP contribution >= 0.6 is 0 Å². The fourth-order valence-electron chi connectivity index (χ4n) is 2.15. The molecule has 0 bridgehead atoms. The Morgan fingerprint density at radius 3 is 3.00 bits per heavy atom. The van der Waals surface area contributed by atoms with E-state index in [1.54, 1.807) is 24.4 Å². The Morgan fingerprint density at radius 2 is 2.19 bits per heavy atom. The summed E-state index contributed by atoms with van der Waals surface area (Å²) in [4.78, 5) is 15.7. The number of ether oxygens (including phenoxy) is 2. The fraction of sp³-hybridized carbons (Fsp3) is 0.250. The summed E-state index contributed by atoms with van der Waals surface area (Å²) in [5.41, 5.74) is 1.58. The van der Waals surface area contributed by atoms with Gasteiger partial charge < -0.3 is 14.8 Å². The van der Waals surface area contributed by atoms with E-state index in [4.69, 9.17) is 9.47 Å². The highest BCUT2D eigenvalue weighted by molar-refractivity contribution is 5.94. The Labute approximate surface area is 122 Å². The lowest BCUT2D eigenvalue weighted by atomic mass is 10.1. The monoisotopic (exact) mass is 284 g/mol. The molecule has 1 aromatic heterocycles. The van der Waals surface area contributed by atoms with Crippen LogP contribution in [0.2, 0.25) is 0 Å². The van der Waals surface area contributed by atoms with Crippen molar-refractivity contribution in [2.45, 2.75) is 13.8 Å². The van der Waals surface area contributed by atoms with Gasteiger partial charge in [0.1, 0.15) is 12.4 Å². The molecule has 0 unspecified atom stereocenters. The maximum absolute atomic E-state index is 11.5. The average molecular weight is 284 g/mol. The average Bonchev–Trinajstić information content (AvgIpc) is 2.49. The van der Waals surface area contributed by atoms with Crippen molar-refractivity contribution < 1.29 is 14.3 Å². The number of pyridine rings is 1. The number of aromatic nitrogens is 1. The smallest absolute Gasteiger partial charge is 0.204 e. The zero-order chi connectivity index (χ0) is 14.8. The molecular formula is C16H16N2O3. The zero-order valence-electron chi connectivity index (χ0n) is 12.0. The number of fused-ring (bicyclic) bond motifs is 1. The Bertz CT molecular complexity index is 698. The van der Waals surface area contributed by atoms with Crippen LogP contribution in [0, 0.1) is 6.92 Å². The van der Waals surface area contributed by atoms with Gasteiger partial charge in [-0.15, -0.1) is 0 Å². The number of nitrogens with one attached hydrogen (secondary N) is 1. The molecule has 0 spiro atoms. The van der Waals surface area contributed by atoms with E-state index in [1.807, 2.05) is 13.0 Å². The topological polar surface area (TPSA) is 60.5 Å². The third-order valence-electron chi connectivity index (χ3n) is 3.32. The number of rotatable bonds is 3. The summed E-state index contributed by atoms with van der Waals surface area (Å²) < 4.78 is 11.6. The quantitative estimate of drug-likeness (QED) is 0.877. The second-order valence-corrected chi connectivity index (χ2v) is 4.90. The van der Waals surface area contributed by atoms with Crippen LogP contribution in [0.5, 0.6) is 17.2 Å². The number of hydrogen-bond acceptors (Lipinski definition) is 5. The molecule has 108 valence electrons. The van der Waals surface area contributed by atoms with Crippen LogP contribution in [-0.4, -0.2) is 23.9 Å². The molecule has 0 atom stereocenters. The molecule has 2 heterocycles. The van der Waals surface area contributed by atoms with Crippen LogP contribution in [0.1, 0.15) is 22.8 Å². The molecule has 0 amide bonds. The normalized spacial score (nSPS) is 12.9. The molecule has 0 saturated carbocycles. The second-order valence-electron chi connectivity index (χ2n) is 4.90. The van der Waals surface area contributed by atoms with E-state index in [0.29, 0.717) is 35.2 Å². The number of ketones is 1. The molecule has 5 nitrogen and oxygen atoms in total. The standard InChI is InChI=1S/C16H16N2O3/c1-10-3-4-12(11(2)19)9-14(10)21-13-5-6-17-16-15(13)20-8-7-18-16/h3-6,9H,7-8H2,1-2H3,(H,17,18). The van der Waals surface area contributed by atoms with Gasteiger partial charge >= 0.3 is 0 Å². The Hall–Kier alpha value is -2.56. The molecule has 1 N–H and O–H groups in total. The van der Waals surface area contributed by atoms with Crippen LogP contribution in [0.15, 0.2) is 30.5 Å². The molecule has 5 heteroatoms. The van der Waals surface area contributed by atoms with Gasteiger partial charge in [-0.25, -0.2) is 4.98 Å². The zero-order valence-corrected chi connectivity index (χ0v) is 12.0. The van der Waals surface area contributed by atoms with Crippen molar-refractivity contribution in [1.29, 1.82) is 0 Å². The molecule has 0 aliphatic carbocycles. The predicted molar refractivity (Wildman–Crippen MR) is 79.5 cm³/mol. The summed E-state index contributed by atoms with van der Waals surface area (Å²) in [5, 5.41) is 3.16. The van der Waals surface area contributed by atoms with Crippen molar-refractivity contribution in [2.75, 3.05) is 18.5 Å². The number of carbonyl (C=O) groups excluding carboxylic acids is 1. The highest BCUT2D eigenvalue weighted by atomic mass is 16.5. The van der Waals surface area contributed by atoms with Crippen LogP contribution in [0.4, 0.5) is 5.82 Å². The van der Waals surface area contributed by atoms with Crippen molar-refractivity contribution in [2.24, 2.45) is 0 Å². The maximum atomic E-state index is 11.5. The highest BCUT2D eigenvalue weighted by Gasteiger charge is 2.17. The first-order valence-corrected chi connectivity index (χ1v) is 6.80. The minimum absolute atomic E-state index is 0.00882. The molecule has 0 fully saturated rings. The first kappa shape index (κ1) is 13.4. The molecule has 1 aromatic carbocycles. The first-order chi connectivity index (χ1) is 10.1. The largest absolute Gasteiger partial charge is 0.485 e. The minimum atomic E-state index is 0.00882. The number of nitrogens with zero attached hydrogens (tertiary/aromatic N) is 1. The lowest BCUT2D eigenvalue weighted by molar-refractivity contribution is 0.101. The number of aryl methyl sites for hydroxylation is 1. The van der Waals surface area contributed by atoms with E-state index in [0.717, 1.165) is 12.1 Å². The summed E-state index contributed by atoms with van der Waals surface area (Å²) in [5.74, 6) is 2.53. The molecule has 1 aliphatic heterocycles. The number of hydrogen-bond donors (Lipinski definition) is 1. The van der Waals surface area contributed by atoms with E-state index in [-0.39, 0.29) is 5.78 Å². The minimum Gasteiger partial charge on any atom is -0.485 e. The summed E-state index contributed by atoms with van der Waals surface area (Å²) >= 11 is 0. The summed E-state index contributed by atoms with van der Waals surface area (Å²) in [6.45, 7) is 4.77. The number of anilines is 1. The first-order valence-electron chi connectivity index (χ1n) is 6.80. The van der Waals surface area contributed by atoms with Gasteiger partial charge in [-0.2, -0.15) is 0 Å². The van der Waals surface area contributed by atoms with Crippen molar-refractivity contribution >= 4 is 11.6 Å². The number of benzene rings is 1. The number of Topliss-reactive ketones (excluding diaryl/α,β-unsaturated/α-hetero) is 1. The Balaban J connectivity index is 1.97. The third kappa shape index (κ3) is 2.67. The van der Waals surface area contributed by atoms with Gasteiger partial charge in [0.25, 0.3) is 0 Å². The van der Waals surface area contributed by atoms with Gasteiger partial charge in [0, 0.05) is 17.8 Å². The summed E-state index contributed by atoms with van der Waals surface area (Å²) in [6.07, 6.45) is 1.67. The van der Waals surface area contributed by atoms with E-state index in [9.17, 15) is 4.79 Å². The molecule has 2 aromatic rings. The van der Waals surface area contributed by atoms with Crippen molar-refractivity contribution in [3.8, 4) is 17.2 Å². The molecule has 1 aliphatic rings. The van der Waals surface area contributed by atoms with Crippen molar-refractivity contribution in [3.63, 3.8) is 0 Å². The SMILES string of the molecule is CC(=O)c1ccc(C)c(Oc2ccnc3c2OCCN3)c1. The van der Waals surface area contributed by atoms with Crippen molar-refractivity contribution in [1.82, 2.24) is 4.98 Å². The van der Waals surface area contributed by atoms with Gasteiger partial charge in [-0.1, -0.05) is 12.1 Å². The molecule has 0 radical (unpaired) electrons.